The zero-order valence-corrected chi connectivity index (χ0v) is 11.1. The maximum Gasteiger partial charge on any atom is 0.459 e. The summed E-state index contributed by atoms with van der Waals surface area (Å²) in [4.78, 5) is 13.0. The molecule has 2 aromatic rings. The lowest BCUT2D eigenvalue weighted by Crippen LogP contribution is -2.35. The van der Waals surface area contributed by atoms with E-state index in [0.717, 1.165) is 6.07 Å². The lowest BCUT2D eigenvalue weighted by atomic mass is 10.1. The Labute approximate surface area is 120 Å². The van der Waals surface area contributed by atoms with Crippen molar-refractivity contribution in [3.8, 4) is 5.75 Å². The molecule has 0 spiro atoms. The molecule has 0 saturated carbocycles. The van der Waals surface area contributed by atoms with Crippen LogP contribution in [0.5, 0.6) is 5.75 Å². The maximum atomic E-state index is 13.5. The third kappa shape index (κ3) is 2.46. The van der Waals surface area contributed by atoms with Gasteiger partial charge in [-0.1, -0.05) is 0 Å². The predicted molar refractivity (Wildman–Crippen MR) is 66.4 cm³/mol. The molecule has 0 fully saturated rings. The van der Waals surface area contributed by atoms with Crippen LogP contribution in [-0.4, -0.2) is 28.8 Å². The second-order valence-electron chi connectivity index (χ2n) is 4.39. The van der Waals surface area contributed by atoms with Crippen molar-refractivity contribution >= 4 is 16.9 Å². The molecule has 1 aromatic heterocycles. The highest BCUT2D eigenvalue weighted by Crippen LogP contribution is 2.46. The summed E-state index contributed by atoms with van der Waals surface area (Å²) in [6, 6.07) is 3.63. The number of carbonyl (C=O) groups is 1. The molecule has 0 amide bonds. The number of alkyl halides is 5. The van der Waals surface area contributed by atoms with Gasteiger partial charge in [-0.25, -0.2) is 4.79 Å². The molecule has 0 radical (unpaired) electrons. The normalized spacial score (nSPS) is 12.6. The first-order valence-corrected chi connectivity index (χ1v) is 6.06. The highest BCUT2D eigenvalue weighted by atomic mass is 19.4. The van der Waals surface area contributed by atoms with Gasteiger partial charge in [0.1, 0.15) is 11.4 Å². The Morgan fingerprint density at radius 2 is 1.91 bits per heavy atom. The number of hydrogen-bond donors (Lipinski definition) is 2. The fourth-order valence-electron chi connectivity index (χ4n) is 2.03. The molecular weight excluding hydrogens is 313 g/mol. The fraction of sp³-hybridized carbons (Fsp3) is 0.308. The van der Waals surface area contributed by atoms with Gasteiger partial charge in [-0.2, -0.15) is 22.0 Å². The number of rotatable bonds is 4. The number of nitrogens with one attached hydrogen (secondary N) is 1. The van der Waals surface area contributed by atoms with Crippen molar-refractivity contribution in [2.24, 2.45) is 0 Å². The quantitative estimate of drug-likeness (QED) is 0.838. The van der Waals surface area contributed by atoms with E-state index >= 15 is 0 Å². The summed E-state index contributed by atoms with van der Waals surface area (Å²) >= 11 is 0. The molecule has 9 heteroatoms. The number of fused-ring (bicyclic) bond motifs is 1. The van der Waals surface area contributed by atoms with E-state index in [2.05, 4.69) is 0 Å². The van der Waals surface area contributed by atoms with Gasteiger partial charge in [0.15, 0.2) is 0 Å². The second-order valence-corrected chi connectivity index (χ2v) is 4.39. The van der Waals surface area contributed by atoms with Crippen LogP contribution in [0, 0.1) is 0 Å². The van der Waals surface area contributed by atoms with E-state index in [1.165, 1.54) is 12.1 Å². The molecule has 0 unspecified atom stereocenters. The highest BCUT2D eigenvalue weighted by Gasteiger charge is 2.61. The monoisotopic (exact) mass is 323 g/mol. The molecule has 1 heterocycles. The first-order valence-electron chi connectivity index (χ1n) is 6.06. The minimum absolute atomic E-state index is 0.153. The van der Waals surface area contributed by atoms with Gasteiger partial charge in [0.2, 0.25) is 0 Å². The lowest BCUT2D eigenvalue weighted by Gasteiger charge is -2.19. The first kappa shape index (κ1) is 16.1. The van der Waals surface area contributed by atoms with E-state index in [-0.39, 0.29) is 23.3 Å². The Balaban J connectivity index is 2.75. The van der Waals surface area contributed by atoms with Gasteiger partial charge in [-0.15, -0.1) is 0 Å². The van der Waals surface area contributed by atoms with Gasteiger partial charge in [-0.3, -0.25) is 0 Å². The molecule has 2 rings (SSSR count). The van der Waals surface area contributed by atoms with Gasteiger partial charge >= 0.3 is 18.1 Å². The van der Waals surface area contributed by atoms with E-state index < -0.39 is 29.3 Å². The summed E-state index contributed by atoms with van der Waals surface area (Å²) in [5.41, 5.74) is -2.98. The molecule has 22 heavy (non-hydrogen) atoms. The van der Waals surface area contributed by atoms with Crippen LogP contribution in [-0.2, 0) is 5.92 Å². The molecule has 0 saturated heterocycles. The molecular formula is C13H10F5NO3. The van der Waals surface area contributed by atoms with Crippen molar-refractivity contribution in [1.29, 1.82) is 0 Å². The highest BCUT2D eigenvalue weighted by molar-refractivity contribution is 6.05. The van der Waals surface area contributed by atoms with Crippen LogP contribution < -0.4 is 4.74 Å². The summed E-state index contributed by atoms with van der Waals surface area (Å²) in [6.45, 7) is 1.87. The number of aromatic carboxylic acids is 1. The first-order chi connectivity index (χ1) is 10.1. The third-order valence-electron chi connectivity index (χ3n) is 2.96. The zero-order valence-electron chi connectivity index (χ0n) is 11.1. The van der Waals surface area contributed by atoms with Gasteiger partial charge in [-0.05, 0) is 25.1 Å². The Kier molecular flexibility index (Phi) is 3.76. The topological polar surface area (TPSA) is 62.3 Å². The van der Waals surface area contributed by atoms with Gasteiger partial charge in [0.05, 0.1) is 12.2 Å². The van der Waals surface area contributed by atoms with Crippen molar-refractivity contribution in [2.75, 3.05) is 6.61 Å². The van der Waals surface area contributed by atoms with Gasteiger partial charge in [0, 0.05) is 10.9 Å². The minimum Gasteiger partial charge on any atom is -0.494 e. The van der Waals surface area contributed by atoms with Crippen LogP contribution in [0.1, 0.15) is 23.0 Å². The molecule has 4 nitrogen and oxygen atoms in total. The summed E-state index contributed by atoms with van der Waals surface area (Å²) < 4.78 is 69.6. The number of aromatic nitrogens is 1. The smallest absolute Gasteiger partial charge is 0.459 e. The van der Waals surface area contributed by atoms with Gasteiger partial charge < -0.3 is 14.8 Å². The summed E-state index contributed by atoms with van der Waals surface area (Å²) in [7, 11) is 0. The molecule has 0 aliphatic heterocycles. The zero-order chi connectivity index (χ0) is 16.7. The van der Waals surface area contributed by atoms with Crippen molar-refractivity contribution < 1.29 is 36.6 Å². The van der Waals surface area contributed by atoms with Crippen LogP contribution in [0.3, 0.4) is 0 Å². The third-order valence-corrected chi connectivity index (χ3v) is 2.96. The Morgan fingerprint density at radius 3 is 2.41 bits per heavy atom. The number of halogens is 5. The average Bonchev–Trinajstić information content (AvgIpc) is 2.77. The number of benzene rings is 1. The SMILES string of the molecule is CCOc1ccc2[nH]c(C(F)(F)C(F)(F)F)c(C(=O)O)c2c1. The average molecular weight is 323 g/mol. The van der Waals surface area contributed by atoms with Crippen LogP contribution in [0.4, 0.5) is 22.0 Å². The van der Waals surface area contributed by atoms with E-state index in [0.29, 0.717) is 0 Å². The number of hydrogen-bond acceptors (Lipinski definition) is 2. The van der Waals surface area contributed by atoms with Crippen molar-refractivity contribution in [3.05, 3.63) is 29.5 Å². The van der Waals surface area contributed by atoms with Crippen LogP contribution in [0.25, 0.3) is 10.9 Å². The summed E-state index contributed by atoms with van der Waals surface area (Å²) in [5, 5.41) is 8.76. The number of H-pyrrole nitrogens is 1. The maximum absolute atomic E-state index is 13.5. The van der Waals surface area contributed by atoms with Crippen molar-refractivity contribution in [1.82, 2.24) is 4.98 Å². The Morgan fingerprint density at radius 1 is 1.27 bits per heavy atom. The number of aromatic amines is 1. The fourth-order valence-corrected chi connectivity index (χ4v) is 2.03. The van der Waals surface area contributed by atoms with Crippen LogP contribution in [0.15, 0.2) is 18.2 Å². The van der Waals surface area contributed by atoms with E-state index in [1.54, 1.807) is 6.92 Å². The van der Waals surface area contributed by atoms with Gasteiger partial charge in [0.25, 0.3) is 0 Å². The molecule has 2 N–H and O–H groups in total. The molecule has 0 aliphatic carbocycles. The Hall–Kier alpha value is -2.32. The van der Waals surface area contributed by atoms with Crippen molar-refractivity contribution in [3.63, 3.8) is 0 Å². The Bertz CT molecular complexity index is 720. The molecule has 0 bridgehead atoms. The predicted octanol–water partition coefficient (Wildman–Crippen LogP) is 3.92. The number of ether oxygens (including phenoxy) is 1. The molecule has 120 valence electrons. The molecule has 1 aromatic carbocycles. The molecule has 0 aliphatic rings. The number of carboxylic acid groups (broad SMARTS) is 1. The largest absolute Gasteiger partial charge is 0.494 e. The minimum atomic E-state index is -5.92. The molecule has 0 atom stereocenters. The lowest BCUT2D eigenvalue weighted by molar-refractivity contribution is -0.290. The number of carboxylic acids is 1. The van der Waals surface area contributed by atoms with E-state index in [9.17, 15) is 26.7 Å². The standard InChI is InChI=1S/C13H10F5NO3/c1-2-22-6-3-4-8-7(5-6)9(11(20)21)10(19-8)12(14,15)13(16,17)18/h3-5,19H,2H2,1H3,(H,20,21). The van der Waals surface area contributed by atoms with Crippen LogP contribution in [0.2, 0.25) is 0 Å². The van der Waals surface area contributed by atoms with E-state index in [4.69, 9.17) is 9.84 Å². The van der Waals surface area contributed by atoms with E-state index in [1.807, 2.05) is 4.98 Å². The summed E-state index contributed by atoms with van der Waals surface area (Å²) in [6.07, 6.45) is -5.92. The second kappa shape index (κ2) is 5.15. The van der Waals surface area contributed by atoms with Crippen molar-refractivity contribution in [2.45, 2.75) is 19.0 Å². The van der Waals surface area contributed by atoms with Crippen LogP contribution >= 0.6 is 0 Å². The summed E-state index contributed by atoms with van der Waals surface area (Å²) in [5.74, 6) is -7.04.